The van der Waals surface area contributed by atoms with Crippen LogP contribution in [0, 0.1) is 0 Å². The van der Waals surface area contributed by atoms with Gasteiger partial charge in [-0.2, -0.15) is 0 Å². The van der Waals surface area contributed by atoms with Crippen LogP contribution in [0.1, 0.15) is 13.8 Å². The maximum atomic E-state index is 3.03. The zero-order valence-corrected chi connectivity index (χ0v) is 5.43. The van der Waals surface area contributed by atoms with E-state index in [1.807, 2.05) is 0 Å². The third-order valence-corrected chi connectivity index (χ3v) is 1.86. The van der Waals surface area contributed by atoms with Crippen LogP contribution in [-0.2, 0) is 0 Å². The molecule has 1 rings (SSSR count). The molecule has 1 aliphatic rings. The minimum absolute atomic E-state index is 0.389. The van der Waals surface area contributed by atoms with Crippen molar-refractivity contribution in [3.05, 3.63) is 0 Å². The summed E-state index contributed by atoms with van der Waals surface area (Å²) >= 11 is 1.74. The molecule has 7 heavy (non-hydrogen) atoms. The molecule has 0 amide bonds. The highest BCUT2D eigenvalue weighted by Crippen LogP contribution is 2.22. The Morgan fingerprint density at radius 2 is 2.29 bits per heavy atom. The van der Waals surface area contributed by atoms with Gasteiger partial charge in [0.15, 0.2) is 0 Å². The molecule has 1 heterocycles. The van der Waals surface area contributed by atoms with Gasteiger partial charge in [0.05, 0.1) is 0 Å². The number of hydrogen-bond acceptors (Lipinski definition) is 3. The van der Waals surface area contributed by atoms with E-state index in [0.717, 1.165) is 6.54 Å². The Bertz CT molecular complexity index is 64.1. The lowest BCUT2D eigenvalue weighted by Crippen LogP contribution is -2.23. The Hall–Kier alpha value is 0.270. The van der Waals surface area contributed by atoms with Gasteiger partial charge < -0.3 is 0 Å². The monoisotopic (exact) mass is 118 g/mol. The van der Waals surface area contributed by atoms with Crippen molar-refractivity contribution in [2.24, 2.45) is 0 Å². The van der Waals surface area contributed by atoms with E-state index in [0.29, 0.717) is 4.75 Å². The number of nitrogens with one attached hydrogen (secondary N) is 2. The Morgan fingerprint density at radius 3 is 2.43 bits per heavy atom. The number of hydrazine groups is 1. The summed E-state index contributed by atoms with van der Waals surface area (Å²) in [6, 6.07) is 0. The molecular weight excluding hydrogens is 108 g/mol. The fourth-order valence-corrected chi connectivity index (χ4v) is 1.02. The average Bonchev–Trinajstić information content (AvgIpc) is 1.84. The third-order valence-electron chi connectivity index (χ3n) is 0.914. The van der Waals surface area contributed by atoms with Crippen molar-refractivity contribution in [3.8, 4) is 0 Å². The standard InChI is InChI=1S/C4H10N2S/c1-4(2)3-5-6-7-4/h5-6H,3H2,1-2H3. The van der Waals surface area contributed by atoms with E-state index >= 15 is 0 Å². The Morgan fingerprint density at radius 1 is 1.57 bits per heavy atom. The van der Waals surface area contributed by atoms with Gasteiger partial charge in [-0.15, -0.1) is 0 Å². The van der Waals surface area contributed by atoms with E-state index in [9.17, 15) is 0 Å². The van der Waals surface area contributed by atoms with Crippen LogP contribution >= 0.6 is 11.9 Å². The topological polar surface area (TPSA) is 24.1 Å². The van der Waals surface area contributed by atoms with Gasteiger partial charge in [-0.3, -0.25) is 0 Å². The Kier molecular flexibility index (Phi) is 1.28. The molecule has 0 unspecified atom stereocenters. The van der Waals surface area contributed by atoms with Gasteiger partial charge >= 0.3 is 0 Å². The summed E-state index contributed by atoms with van der Waals surface area (Å²) in [5.74, 6) is 0. The van der Waals surface area contributed by atoms with Crippen LogP contribution in [-0.4, -0.2) is 11.3 Å². The summed E-state index contributed by atoms with van der Waals surface area (Å²) in [5.41, 5.74) is 3.03. The Labute approximate surface area is 48.2 Å². The molecule has 0 atom stereocenters. The fraction of sp³-hybridized carbons (Fsp3) is 1.00. The van der Waals surface area contributed by atoms with Crippen LogP contribution < -0.4 is 10.3 Å². The predicted molar refractivity (Wildman–Crippen MR) is 32.8 cm³/mol. The molecule has 0 aromatic rings. The molecule has 0 saturated carbocycles. The summed E-state index contributed by atoms with van der Waals surface area (Å²) in [6.07, 6.45) is 0. The molecular formula is C4H10N2S. The maximum absolute atomic E-state index is 3.03. The van der Waals surface area contributed by atoms with Gasteiger partial charge in [0.1, 0.15) is 0 Å². The van der Waals surface area contributed by atoms with Crippen LogP contribution in [0.3, 0.4) is 0 Å². The summed E-state index contributed by atoms with van der Waals surface area (Å²) in [4.78, 5) is 2.98. The molecule has 0 aromatic heterocycles. The van der Waals surface area contributed by atoms with E-state index in [2.05, 4.69) is 24.1 Å². The SMILES string of the molecule is CC1(C)CNNS1. The second-order valence-electron chi connectivity index (χ2n) is 2.32. The van der Waals surface area contributed by atoms with Gasteiger partial charge in [-0.1, -0.05) is 11.9 Å². The van der Waals surface area contributed by atoms with Gasteiger partial charge in [-0.05, 0) is 13.8 Å². The van der Waals surface area contributed by atoms with E-state index < -0.39 is 0 Å². The third kappa shape index (κ3) is 1.33. The lowest BCUT2D eigenvalue weighted by molar-refractivity contribution is 0.637. The molecule has 2 N–H and O–H groups in total. The summed E-state index contributed by atoms with van der Waals surface area (Å²) in [7, 11) is 0. The quantitative estimate of drug-likeness (QED) is 0.453. The number of hydrogen-bond donors (Lipinski definition) is 2. The van der Waals surface area contributed by atoms with Gasteiger partial charge in [0, 0.05) is 11.3 Å². The van der Waals surface area contributed by atoms with Gasteiger partial charge in [0.25, 0.3) is 0 Å². The van der Waals surface area contributed by atoms with Gasteiger partial charge in [-0.25, -0.2) is 10.3 Å². The lowest BCUT2D eigenvalue weighted by Gasteiger charge is -2.09. The second kappa shape index (κ2) is 1.65. The van der Waals surface area contributed by atoms with Crippen molar-refractivity contribution >= 4 is 11.9 Å². The highest BCUT2D eigenvalue weighted by Gasteiger charge is 2.22. The molecule has 0 spiro atoms. The van der Waals surface area contributed by atoms with E-state index in [4.69, 9.17) is 0 Å². The van der Waals surface area contributed by atoms with E-state index in [1.54, 1.807) is 11.9 Å². The normalized spacial score (nSPS) is 28.3. The summed E-state index contributed by atoms with van der Waals surface area (Å²) < 4.78 is 0.389. The summed E-state index contributed by atoms with van der Waals surface area (Å²) in [6.45, 7) is 5.45. The highest BCUT2D eigenvalue weighted by atomic mass is 32.2. The smallest absolute Gasteiger partial charge is 0.0399 e. The average molecular weight is 118 g/mol. The first-order chi connectivity index (χ1) is 3.21. The summed E-state index contributed by atoms with van der Waals surface area (Å²) in [5, 5.41) is 0. The molecule has 2 nitrogen and oxygen atoms in total. The van der Waals surface area contributed by atoms with Gasteiger partial charge in [0.2, 0.25) is 0 Å². The molecule has 0 bridgehead atoms. The highest BCUT2D eigenvalue weighted by molar-refractivity contribution is 7.98. The van der Waals surface area contributed by atoms with Crippen molar-refractivity contribution in [2.45, 2.75) is 18.6 Å². The van der Waals surface area contributed by atoms with Crippen molar-refractivity contribution in [1.29, 1.82) is 0 Å². The zero-order valence-electron chi connectivity index (χ0n) is 4.62. The maximum Gasteiger partial charge on any atom is 0.0399 e. The first-order valence-electron chi connectivity index (χ1n) is 2.37. The molecule has 0 aliphatic carbocycles. The predicted octanol–water partition coefficient (Wildman–Crippen LogP) is 0.521. The molecule has 1 aliphatic heterocycles. The molecule has 0 aromatic carbocycles. The molecule has 1 fully saturated rings. The molecule has 42 valence electrons. The first kappa shape index (κ1) is 5.41. The van der Waals surface area contributed by atoms with Crippen LogP contribution in [0.15, 0.2) is 0 Å². The largest absolute Gasteiger partial charge is 0.247 e. The van der Waals surface area contributed by atoms with Crippen LogP contribution in [0.5, 0.6) is 0 Å². The van der Waals surface area contributed by atoms with Crippen LogP contribution in [0.2, 0.25) is 0 Å². The van der Waals surface area contributed by atoms with E-state index in [-0.39, 0.29) is 0 Å². The number of rotatable bonds is 0. The molecule has 1 saturated heterocycles. The fourth-order valence-electron chi connectivity index (χ4n) is 0.459. The van der Waals surface area contributed by atoms with Crippen molar-refractivity contribution in [1.82, 2.24) is 10.3 Å². The van der Waals surface area contributed by atoms with Crippen molar-refractivity contribution in [2.75, 3.05) is 6.54 Å². The zero-order chi connectivity index (χ0) is 5.33. The van der Waals surface area contributed by atoms with E-state index in [1.165, 1.54) is 0 Å². The van der Waals surface area contributed by atoms with Crippen molar-refractivity contribution in [3.63, 3.8) is 0 Å². The lowest BCUT2D eigenvalue weighted by atomic mass is 10.2. The van der Waals surface area contributed by atoms with Crippen LogP contribution in [0.4, 0.5) is 0 Å². The minimum Gasteiger partial charge on any atom is -0.247 e. The minimum atomic E-state index is 0.389. The molecule has 3 heteroatoms. The second-order valence-corrected chi connectivity index (χ2v) is 3.83. The Balaban J connectivity index is 2.40. The van der Waals surface area contributed by atoms with Crippen molar-refractivity contribution < 1.29 is 0 Å². The molecule has 0 radical (unpaired) electrons. The first-order valence-corrected chi connectivity index (χ1v) is 3.18. The van der Waals surface area contributed by atoms with Crippen LogP contribution in [0.25, 0.3) is 0 Å².